The van der Waals surface area contributed by atoms with Gasteiger partial charge in [-0.1, -0.05) is 6.08 Å². The summed E-state index contributed by atoms with van der Waals surface area (Å²) in [6.07, 6.45) is 2.22. The van der Waals surface area contributed by atoms with Crippen molar-refractivity contribution in [2.24, 2.45) is 0 Å². The molecule has 1 heterocycles. The molecule has 0 aromatic heterocycles. The Morgan fingerprint density at radius 3 is 2.80 bits per heavy atom. The number of ether oxygens (including phenoxy) is 1. The fourth-order valence-corrected chi connectivity index (χ4v) is 2.46. The molecule has 1 aliphatic heterocycles. The van der Waals surface area contributed by atoms with Crippen LogP contribution in [0, 0.1) is 5.82 Å². The van der Waals surface area contributed by atoms with Gasteiger partial charge in [-0.25, -0.2) is 4.39 Å². The zero-order valence-corrected chi connectivity index (χ0v) is 12.3. The van der Waals surface area contributed by atoms with Crippen molar-refractivity contribution in [3.05, 3.63) is 35.7 Å². The maximum Gasteiger partial charge on any atom is 0.245 e. The molecule has 1 aliphatic rings. The second-order valence-electron chi connectivity index (χ2n) is 4.45. The maximum absolute atomic E-state index is 14.2. The van der Waals surface area contributed by atoms with Crippen LogP contribution in [-0.4, -0.2) is 29.3 Å². The zero-order valence-electron chi connectivity index (χ0n) is 11.5. The van der Waals surface area contributed by atoms with Gasteiger partial charge in [-0.15, -0.1) is 11.6 Å². The Balaban J connectivity index is 2.37. The smallest absolute Gasteiger partial charge is 0.245 e. The summed E-state index contributed by atoms with van der Waals surface area (Å²) in [6, 6.07) is 4.68. The Kier molecular flexibility index (Phi) is 4.65. The third-order valence-electron chi connectivity index (χ3n) is 3.19. The van der Waals surface area contributed by atoms with Crippen LogP contribution in [0.4, 0.5) is 4.39 Å². The second kappa shape index (κ2) is 6.27. The predicted molar refractivity (Wildman–Crippen MR) is 77.2 cm³/mol. The number of halogens is 2. The zero-order chi connectivity index (χ0) is 14.7. The van der Waals surface area contributed by atoms with E-state index in [2.05, 4.69) is 0 Å². The summed E-state index contributed by atoms with van der Waals surface area (Å²) >= 11 is 5.95. The summed E-state index contributed by atoms with van der Waals surface area (Å²) in [5.41, 5.74) is 0.974. The van der Waals surface area contributed by atoms with E-state index < -0.39 is 11.2 Å². The maximum atomic E-state index is 14.2. The second-order valence-corrected chi connectivity index (χ2v) is 4.98. The standard InChI is InChI=1S/C15H17ClFNO2/c1-3-18-14(8-7-12(16)15(18)19)11-6-5-10(20-4-2)9-13(11)17/h5-6,8-9,12H,3-4,7H2,1-2H3. The first-order chi connectivity index (χ1) is 9.58. The molecule has 0 bridgehead atoms. The first kappa shape index (κ1) is 14.9. The van der Waals surface area contributed by atoms with Gasteiger partial charge in [0.1, 0.15) is 16.9 Å². The lowest BCUT2D eigenvalue weighted by molar-refractivity contribution is -0.127. The van der Waals surface area contributed by atoms with Gasteiger partial charge in [0.15, 0.2) is 0 Å². The minimum atomic E-state index is -0.565. The predicted octanol–water partition coefficient (Wildman–Crippen LogP) is 3.42. The number of amides is 1. The van der Waals surface area contributed by atoms with Crippen molar-refractivity contribution in [2.45, 2.75) is 25.6 Å². The Hall–Kier alpha value is -1.55. The number of carbonyl (C=O) groups is 1. The van der Waals surface area contributed by atoms with Crippen LogP contribution in [0.5, 0.6) is 5.75 Å². The van der Waals surface area contributed by atoms with E-state index in [9.17, 15) is 9.18 Å². The monoisotopic (exact) mass is 297 g/mol. The number of rotatable bonds is 4. The quantitative estimate of drug-likeness (QED) is 0.797. The lowest BCUT2D eigenvalue weighted by Crippen LogP contribution is -2.38. The molecule has 5 heteroatoms. The van der Waals surface area contributed by atoms with E-state index in [-0.39, 0.29) is 5.91 Å². The molecule has 1 aromatic rings. The van der Waals surface area contributed by atoms with Crippen LogP contribution < -0.4 is 4.74 Å². The molecule has 1 amide bonds. The first-order valence-electron chi connectivity index (χ1n) is 6.66. The lowest BCUT2D eigenvalue weighted by Gasteiger charge is -2.30. The van der Waals surface area contributed by atoms with Crippen LogP contribution in [0.1, 0.15) is 25.8 Å². The summed E-state index contributed by atoms with van der Waals surface area (Å²) < 4.78 is 19.5. The van der Waals surface area contributed by atoms with Gasteiger partial charge < -0.3 is 9.64 Å². The van der Waals surface area contributed by atoms with Crippen molar-refractivity contribution in [3.8, 4) is 5.75 Å². The highest BCUT2D eigenvalue weighted by Gasteiger charge is 2.29. The molecule has 1 aromatic carbocycles. The largest absolute Gasteiger partial charge is 0.494 e. The van der Waals surface area contributed by atoms with E-state index in [1.165, 1.54) is 11.0 Å². The molecular formula is C15H17ClFNO2. The number of carbonyl (C=O) groups excluding carboxylic acids is 1. The topological polar surface area (TPSA) is 29.5 Å². The van der Waals surface area contributed by atoms with E-state index in [0.29, 0.717) is 36.6 Å². The SMILES string of the molecule is CCOc1ccc(C2=CCC(Cl)C(=O)N2CC)c(F)c1. The van der Waals surface area contributed by atoms with Gasteiger partial charge in [0, 0.05) is 23.9 Å². The van der Waals surface area contributed by atoms with Gasteiger partial charge in [0.05, 0.1) is 6.61 Å². The Bertz CT molecular complexity index is 545. The Labute approximate surface area is 123 Å². The number of allylic oxidation sites excluding steroid dienone is 1. The van der Waals surface area contributed by atoms with Crippen LogP contribution in [0.2, 0.25) is 0 Å². The van der Waals surface area contributed by atoms with Crippen molar-refractivity contribution < 1.29 is 13.9 Å². The molecule has 3 nitrogen and oxygen atoms in total. The lowest BCUT2D eigenvalue weighted by atomic mass is 10.0. The molecule has 0 saturated carbocycles. The number of nitrogens with zero attached hydrogens (tertiary/aromatic N) is 1. The number of hydrogen-bond donors (Lipinski definition) is 0. The van der Waals surface area contributed by atoms with Crippen molar-refractivity contribution >= 4 is 23.2 Å². The van der Waals surface area contributed by atoms with Gasteiger partial charge in [-0.3, -0.25) is 4.79 Å². The minimum Gasteiger partial charge on any atom is -0.494 e. The summed E-state index contributed by atoms with van der Waals surface area (Å²) in [7, 11) is 0. The van der Waals surface area contributed by atoms with Gasteiger partial charge in [0.25, 0.3) is 0 Å². The fraction of sp³-hybridized carbons (Fsp3) is 0.400. The molecule has 1 unspecified atom stereocenters. The summed E-state index contributed by atoms with van der Waals surface area (Å²) in [5.74, 6) is -0.101. The highest BCUT2D eigenvalue weighted by molar-refractivity contribution is 6.31. The van der Waals surface area contributed by atoms with E-state index in [0.717, 1.165) is 0 Å². The van der Waals surface area contributed by atoms with Crippen LogP contribution in [-0.2, 0) is 4.79 Å². The van der Waals surface area contributed by atoms with Gasteiger partial charge in [-0.05, 0) is 32.4 Å². The molecule has 1 atom stereocenters. The summed E-state index contributed by atoms with van der Waals surface area (Å²) in [5, 5.41) is -0.565. The molecule has 2 rings (SSSR count). The number of benzene rings is 1. The van der Waals surface area contributed by atoms with E-state index in [1.54, 1.807) is 18.2 Å². The third kappa shape index (κ3) is 2.80. The third-order valence-corrected chi connectivity index (χ3v) is 3.55. The summed E-state index contributed by atoms with van der Waals surface area (Å²) in [6.45, 7) is 4.62. The van der Waals surface area contributed by atoms with Crippen LogP contribution in [0.25, 0.3) is 5.70 Å². The highest BCUT2D eigenvalue weighted by Crippen LogP contribution is 2.30. The van der Waals surface area contributed by atoms with Crippen molar-refractivity contribution in [1.29, 1.82) is 0 Å². The van der Waals surface area contributed by atoms with Gasteiger partial charge in [0.2, 0.25) is 5.91 Å². The number of hydrogen-bond acceptors (Lipinski definition) is 2. The van der Waals surface area contributed by atoms with Gasteiger partial charge in [-0.2, -0.15) is 0 Å². The van der Waals surface area contributed by atoms with Crippen LogP contribution in [0.15, 0.2) is 24.3 Å². The van der Waals surface area contributed by atoms with Crippen molar-refractivity contribution in [1.82, 2.24) is 4.90 Å². The minimum absolute atomic E-state index is 0.181. The van der Waals surface area contributed by atoms with Crippen molar-refractivity contribution in [3.63, 3.8) is 0 Å². The highest BCUT2D eigenvalue weighted by atomic mass is 35.5. The average molecular weight is 298 g/mol. The molecule has 0 fully saturated rings. The first-order valence-corrected chi connectivity index (χ1v) is 7.10. The van der Waals surface area contributed by atoms with E-state index in [1.807, 2.05) is 13.8 Å². The molecule has 0 aliphatic carbocycles. The normalized spacial score (nSPS) is 19.0. The molecule has 20 heavy (non-hydrogen) atoms. The molecule has 0 N–H and O–H groups in total. The molecule has 0 saturated heterocycles. The number of alkyl halides is 1. The summed E-state index contributed by atoms with van der Waals surface area (Å²) in [4.78, 5) is 13.5. The van der Waals surface area contributed by atoms with Crippen LogP contribution >= 0.6 is 11.6 Å². The fourth-order valence-electron chi connectivity index (χ4n) is 2.26. The van der Waals surface area contributed by atoms with E-state index in [4.69, 9.17) is 16.3 Å². The molecule has 0 radical (unpaired) electrons. The average Bonchev–Trinajstić information content (AvgIpc) is 2.43. The van der Waals surface area contributed by atoms with Crippen molar-refractivity contribution in [2.75, 3.05) is 13.2 Å². The molecule has 108 valence electrons. The Morgan fingerprint density at radius 1 is 1.45 bits per heavy atom. The van der Waals surface area contributed by atoms with Crippen LogP contribution in [0.3, 0.4) is 0 Å². The van der Waals surface area contributed by atoms with E-state index >= 15 is 0 Å². The molecule has 0 spiro atoms. The van der Waals surface area contributed by atoms with Gasteiger partial charge >= 0.3 is 0 Å². The Morgan fingerprint density at radius 2 is 2.20 bits per heavy atom. The molecular weight excluding hydrogens is 281 g/mol.